The number of halogens is 3. The van der Waals surface area contributed by atoms with Crippen molar-refractivity contribution in [2.45, 2.75) is 28.8 Å². The molecular weight excluding hydrogens is 784 g/mol. The number of nitrogens with zero attached hydrogens (tertiary/aromatic N) is 5. The molecule has 1 fully saturated rings. The highest BCUT2D eigenvalue weighted by Gasteiger charge is 2.24. The maximum absolute atomic E-state index is 15.6. The molecule has 0 aliphatic carbocycles. The summed E-state index contributed by atoms with van der Waals surface area (Å²) in [7, 11) is -0.561. The van der Waals surface area contributed by atoms with Crippen LogP contribution in [0.1, 0.15) is 12.0 Å². The molecule has 0 saturated carbocycles. The van der Waals surface area contributed by atoms with Crippen molar-refractivity contribution in [2.75, 3.05) is 67.5 Å². The Bertz CT molecular complexity index is 2390. The number of anilines is 3. The molecule has 0 amide bonds. The number of hydrogen-bond donors (Lipinski definition) is 2. The first kappa shape index (κ1) is 40.4. The van der Waals surface area contributed by atoms with E-state index in [0.717, 1.165) is 61.0 Å². The van der Waals surface area contributed by atoms with Gasteiger partial charge in [0, 0.05) is 65.5 Å². The summed E-state index contributed by atoms with van der Waals surface area (Å²) in [6, 6.07) is 33.1. The van der Waals surface area contributed by atoms with Gasteiger partial charge < -0.3 is 15.1 Å². The standard InChI is InChI=1S/C43H44ClF2N7O2S2/c1-51(2)19-18-33(28-56-35-9-4-3-5-10-35)49-42-39(45)25-36(26-40(42)46)57(54,55)50-43-38-17-16-34(24-41(38)47-29-48-43)53-22-20-52(21-23-53)27-31-8-6-7-11-37(31)30-12-14-32(44)15-13-30/h3-17,24-26,29,33,49H,18-23,27-28H2,1-2H3,(H,47,48,50). The Morgan fingerprint density at radius 1 is 0.860 bits per heavy atom. The van der Waals surface area contributed by atoms with Crippen LogP contribution in [0.25, 0.3) is 22.0 Å². The fraction of sp³-hybridized carbons (Fsp3) is 0.256. The number of aromatic nitrogens is 2. The van der Waals surface area contributed by atoms with Crippen LogP contribution in [0.15, 0.2) is 125 Å². The SMILES string of the molecule is CN(C)CCC(CSc1ccccc1)Nc1c(F)cc(S(=O)(=O)Nc2ncnc3cc(N4CCN(Cc5ccccc5-c5ccc(Cl)cc5)CC4)ccc23)cc1F. The van der Waals surface area contributed by atoms with Crippen LogP contribution in [0.3, 0.4) is 0 Å². The molecule has 1 atom stereocenters. The third kappa shape index (κ3) is 10.2. The van der Waals surface area contributed by atoms with Crippen LogP contribution >= 0.6 is 23.4 Å². The smallest absolute Gasteiger partial charge is 0.263 e. The molecule has 1 saturated heterocycles. The van der Waals surface area contributed by atoms with Gasteiger partial charge in [0.15, 0.2) is 17.5 Å². The van der Waals surface area contributed by atoms with E-state index in [4.69, 9.17) is 11.6 Å². The van der Waals surface area contributed by atoms with Gasteiger partial charge in [0.2, 0.25) is 0 Å². The van der Waals surface area contributed by atoms with Crippen LogP contribution in [0, 0.1) is 11.6 Å². The first-order valence-electron chi connectivity index (χ1n) is 18.7. The Labute approximate surface area is 342 Å². The number of hydrogen-bond acceptors (Lipinski definition) is 9. The molecule has 9 nitrogen and oxygen atoms in total. The maximum atomic E-state index is 15.6. The Morgan fingerprint density at radius 3 is 2.28 bits per heavy atom. The second-order valence-electron chi connectivity index (χ2n) is 14.3. The van der Waals surface area contributed by atoms with E-state index in [-0.39, 0.29) is 17.5 Å². The number of nitrogens with one attached hydrogen (secondary N) is 2. The number of piperazine rings is 1. The van der Waals surface area contributed by atoms with Gasteiger partial charge >= 0.3 is 0 Å². The first-order valence-corrected chi connectivity index (χ1v) is 21.5. The van der Waals surface area contributed by atoms with Crippen molar-refractivity contribution in [3.63, 3.8) is 0 Å². The first-order chi connectivity index (χ1) is 27.5. The molecule has 6 aromatic rings. The van der Waals surface area contributed by atoms with Crippen molar-refractivity contribution < 1.29 is 17.2 Å². The van der Waals surface area contributed by atoms with Crippen LogP contribution in [0.5, 0.6) is 0 Å². The number of sulfonamides is 1. The highest BCUT2D eigenvalue weighted by molar-refractivity contribution is 7.99. The van der Waals surface area contributed by atoms with Gasteiger partial charge in [0.05, 0.1) is 10.4 Å². The van der Waals surface area contributed by atoms with Crippen molar-refractivity contribution in [2.24, 2.45) is 0 Å². The summed E-state index contributed by atoms with van der Waals surface area (Å²) in [6.07, 6.45) is 1.89. The monoisotopic (exact) mass is 827 g/mol. The molecule has 1 aliphatic rings. The lowest BCUT2D eigenvalue weighted by Crippen LogP contribution is -2.46. The predicted octanol–water partition coefficient (Wildman–Crippen LogP) is 8.88. The fourth-order valence-electron chi connectivity index (χ4n) is 6.86. The molecule has 0 bridgehead atoms. The predicted molar refractivity (Wildman–Crippen MR) is 229 cm³/mol. The van der Waals surface area contributed by atoms with Gasteiger partial charge in [-0.2, -0.15) is 0 Å². The fourth-order valence-corrected chi connectivity index (χ4v) is 9.03. The molecule has 1 aromatic heterocycles. The summed E-state index contributed by atoms with van der Waals surface area (Å²) in [6.45, 7) is 4.81. The molecule has 2 heterocycles. The van der Waals surface area contributed by atoms with E-state index in [1.807, 2.05) is 85.7 Å². The van der Waals surface area contributed by atoms with Gasteiger partial charge in [-0.15, -0.1) is 11.8 Å². The number of fused-ring (bicyclic) bond motifs is 1. The summed E-state index contributed by atoms with van der Waals surface area (Å²) in [5, 5.41) is 4.18. The van der Waals surface area contributed by atoms with Crippen LogP contribution in [-0.4, -0.2) is 86.8 Å². The molecule has 1 aliphatic heterocycles. The van der Waals surface area contributed by atoms with E-state index in [2.05, 4.69) is 54.1 Å². The third-order valence-electron chi connectivity index (χ3n) is 9.95. The Morgan fingerprint density at radius 2 is 1.56 bits per heavy atom. The number of thioether (sulfide) groups is 1. The lowest BCUT2D eigenvalue weighted by atomic mass is 9.99. The summed E-state index contributed by atoms with van der Waals surface area (Å²) in [5.74, 6) is -1.44. The van der Waals surface area contributed by atoms with Gasteiger partial charge in [-0.3, -0.25) is 9.62 Å². The summed E-state index contributed by atoms with van der Waals surface area (Å²) < 4.78 is 60.7. The van der Waals surface area contributed by atoms with E-state index in [1.165, 1.54) is 17.5 Å². The van der Waals surface area contributed by atoms with Gasteiger partial charge in [-0.05, 0) is 98.3 Å². The van der Waals surface area contributed by atoms with Crippen molar-refractivity contribution in [1.82, 2.24) is 19.8 Å². The summed E-state index contributed by atoms with van der Waals surface area (Å²) in [5.41, 5.74) is 4.70. The van der Waals surface area contributed by atoms with E-state index in [0.29, 0.717) is 34.6 Å². The molecule has 7 rings (SSSR count). The third-order valence-corrected chi connectivity index (χ3v) is 12.7. The normalized spacial score (nSPS) is 14.2. The van der Waals surface area contributed by atoms with Gasteiger partial charge in [0.1, 0.15) is 12.0 Å². The minimum absolute atomic E-state index is 0.0143. The van der Waals surface area contributed by atoms with Crippen molar-refractivity contribution in [3.05, 3.63) is 138 Å². The Balaban J connectivity index is 1.01. The summed E-state index contributed by atoms with van der Waals surface area (Å²) >= 11 is 7.71. The molecule has 0 spiro atoms. The number of rotatable bonds is 15. The van der Waals surface area contributed by atoms with E-state index < -0.39 is 26.6 Å². The van der Waals surface area contributed by atoms with Crippen molar-refractivity contribution in [1.29, 1.82) is 0 Å². The molecule has 296 valence electrons. The lowest BCUT2D eigenvalue weighted by molar-refractivity contribution is 0.250. The molecule has 0 radical (unpaired) electrons. The topological polar surface area (TPSA) is 93.7 Å². The van der Waals surface area contributed by atoms with Gasteiger partial charge in [-0.1, -0.05) is 66.2 Å². The molecule has 2 N–H and O–H groups in total. The minimum atomic E-state index is -4.43. The van der Waals surface area contributed by atoms with Crippen molar-refractivity contribution >= 4 is 61.5 Å². The van der Waals surface area contributed by atoms with Gasteiger partial charge in [0.25, 0.3) is 10.0 Å². The second-order valence-corrected chi connectivity index (χ2v) is 17.5. The highest BCUT2D eigenvalue weighted by atomic mass is 35.5. The average molecular weight is 828 g/mol. The van der Waals surface area contributed by atoms with E-state index in [1.54, 1.807) is 17.8 Å². The zero-order valence-corrected chi connectivity index (χ0v) is 34.1. The number of benzene rings is 5. The van der Waals surface area contributed by atoms with Crippen LogP contribution in [0.2, 0.25) is 5.02 Å². The summed E-state index contributed by atoms with van der Waals surface area (Å²) in [4.78, 5) is 15.8. The van der Waals surface area contributed by atoms with E-state index in [9.17, 15) is 8.42 Å². The molecular formula is C43H44ClF2N7O2S2. The van der Waals surface area contributed by atoms with Crippen LogP contribution in [-0.2, 0) is 16.6 Å². The Hall–Kier alpha value is -4.79. The zero-order chi connectivity index (χ0) is 39.9. The Kier molecular flexibility index (Phi) is 12.9. The quantitative estimate of drug-likeness (QED) is 0.0986. The second kappa shape index (κ2) is 18.2. The van der Waals surface area contributed by atoms with Crippen molar-refractivity contribution in [3.8, 4) is 11.1 Å². The largest absolute Gasteiger partial charge is 0.377 e. The lowest BCUT2D eigenvalue weighted by Gasteiger charge is -2.36. The van der Waals surface area contributed by atoms with E-state index >= 15 is 8.78 Å². The molecule has 14 heteroatoms. The molecule has 5 aromatic carbocycles. The van der Waals surface area contributed by atoms with Crippen LogP contribution < -0.4 is 14.9 Å². The molecule has 1 unspecified atom stereocenters. The maximum Gasteiger partial charge on any atom is 0.263 e. The van der Waals surface area contributed by atoms with Crippen LogP contribution in [0.4, 0.5) is 26.0 Å². The average Bonchev–Trinajstić information content (AvgIpc) is 3.21. The van der Waals surface area contributed by atoms with Gasteiger partial charge in [-0.25, -0.2) is 27.2 Å². The molecule has 57 heavy (non-hydrogen) atoms. The highest BCUT2D eigenvalue weighted by Crippen LogP contribution is 2.31. The zero-order valence-electron chi connectivity index (χ0n) is 31.7. The minimum Gasteiger partial charge on any atom is -0.377 e.